The molecular formula is C21H34N2O4. The topological polar surface area (TPSA) is 67.9 Å². The summed E-state index contributed by atoms with van der Waals surface area (Å²) in [5.74, 6) is -0.647. The van der Waals surface area contributed by atoms with Crippen molar-refractivity contribution in [3.63, 3.8) is 0 Å². The molecule has 0 aliphatic carbocycles. The maximum Gasteiger partial charge on any atom is 0.340 e. The van der Waals surface area contributed by atoms with Gasteiger partial charge in [0.2, 0.25) is 0 Å². The highest BCUT2D eigenvalue weighted by atomic mass is 16.5. The number of benzene rings is 1. The predicted molar refractivity (Wildman–Crippen MR) is 110 cm³/mol. The molecule has 1 amide bonds. The van der Waals surface area contributed by atoms with Gasteiger partial charge in [0, 0.05) is 20.7 Å². The molecule has 6 nitrogen and oxygen atoms in total. The van der Waals surface area contributed by atoms with Crippen LogP contribution >= 0.6 is 0 Å². The van der Waals surface area contributed by atoms with Crippen LogP contribution in [0.15, 0.2) is 18.2 Å². The van der Waals surface area contributed by atoms with E-state index < -0.39 is 5.97 Å². The van der Waals surface area contributed by atoms with E-state index in [0.29, 0.717) is 23.5 Å². The number of carbonyl (C=O) groups excluding carboxylic acids is 2. The number of hydrogen-bond acceptors (Lipinski definition) is 5. The molecule has 1 N–H and O–H groups in total. The molecule has 27 heavy (non-hydrogen) atoms. The van der Waals surface area contributed by atoms with Crippen LogP contribution in [0.3, 0.4) is 0 Å². The Morgan fingerprint density at radius 1 is 1.07 bits per heavy atom. The molecule has 0 bridgehead atoms. The van der Waals surface area contributed by atoms with E-state index in [1.807, 2.05) is 6.07 Å². The Bertz CT molecular complexity index is 590. The van der Waals surface area contributed by atoms with Crippen molar-refractivity contribution in [2.75, 3.05) is 44.1 Å². The molecule has 0 aromatic heterocycles. The van der Waals surface area contributed by atoms with E-state index in [1.54, 1.807) is 33.2 Å². The Balaban J connectivity index is 2.62. The molecule has 0 unspecified atom stereocenters. The SMILES string of the molecule is CCCCCCCCOCC(=O)N(C)c1c(NC)cccc1C(=O)OCC. The number of ether oxygens (including phenoxy) is 2. The molecule has 0 aliphatic rings. The van der Waals surface area contributed by atoms with Gasteiger partial charge in [-0.3, -0.25) is 4.79 Å². The van der Waals surface area contributed by atoms with Crippen LogP contribution in [-0.4, -0.2) is 45.8 Å². The van der Waals surface area contributed by atoms with Gasteiger partial charge in [0.1, 0.15) is 6.61 Å². The van der Waals surface area contributed by atoms with Crippen LogP contribution in [0.4, 0.5) is 11.4 Å². The minimum atomic E-state index is -0.447. The Morgan fingerprint density at radius 2 is 1.78 bits per heavy atom. The molecule has 1 rings (SSSR count). The molecule has 1 aromatic carbocycles. The average molecular weight is 379 g/mol. The zero-order valence-electron chi connectivity index (χ0n) is 17.2. The number of rotatable bonds is 13. The number of hydrogen-bond donors (Lipinski definition) is 1. The van der Waals surface area contributed by atoms with Gasteiger partial charge < -0.3 is 19.7 Å². The van der Waals surface area contributed by atoms with Crippen molar-refractivity contribution in [1.82, 2.24) is 0 Å². The molecule has 0 radical (unpaired) electrons. The zero-order chi connectivity index (χ0) is 20.1. The van der Waals surface area contributed by atoms with Gasteiger partial charge in [-0.15, -0.1) is 0 Å². The summed E-state index contributed by atoms with van der Waals surface area (Å²) in [7, 11) is 3.40. The Kier molecular flexibility index (Phi) is 11.2. The molecule has 0 aliphatic heterocycles. The maximum atomic E-state index is 12.5. The quantitative estimate of drug-likeness (QED) is 0.411. The number of nitrogens with one attached hydrogen (secondary N) is 1. The van der Waals surface area contributed by atoms with Crippen molar-refractivity contribution in [3.05, 3.63) is 23.8 Å². The van der Waals surface area contributed by atoms with Gasteiger partial charge in [-0.25, -0.2) is 4.79 Å². The van der Waals surface area contributed by atoms with Gasteiger partial charge in [-0.2, -0.15) is 0 Å². The minimum Gasteiger partial charge on any atom is -0.462 e. The molecule has 0 saturated heterocycles. The van der Waals surface area contributed by atoms with Crippen molar-refractivity contribution in [3.8, 4) is 0 Å². The number of anilines is 2. The summed E-state index contributed by atoms with van der Waals surface area (Å²) in [6.07, 6.45) is 7.07. The number of carbonyl (C=O) groups is 2. The van der Waals surface area contributed by atoms with Crippen LogP contribution in [0.25, 0.3) is 0 Å². The summed E-state index contributed by atoms with van der Waals surface area (Å²) in [6.45, 7) is 4.80. The van der Waals surface area contributed by atoms with Crippen LogP contribution in [0.5, 0.6) is 0 Å². The molecule has 1 aromatic rings. The van der Waals surface area contributed by atoms with Gasteiger partial charge in [-0.1, -0.05) is 45.1 Å². The third-order valence-corrected chi connectivity index (χ3v) is 4.38. The first kappa shape index (κ1) is 23.0. The van der Waals surface area contributed by atoms with Gasteiger partial charge >= 0.3 is 5.97 Å². The van der Waals surface area contributed by atoms with Gasteiger partial charge in [0.25, 0.3) is 5.91 Å². The van der Waals surface area contributed by atoms with Gasteiger partial charge in [0.15, 0.2) is 0 Å². The van der Waals surface area contributed by atoms with E-state index in [0.717, 1.165) is 12.8 Å². The summed E-state index contributed by atoms with van der Waals surface area (Å²) in [6, 6.07) is 5.24. The van der Waals surface area contributed by atoms with Gasteiger partial charge in [0.05, 0.1) is 23.5 Å². The Morgan fingerprint density at radius 3 is 2.44 bits per heavy atom. The predicted octanol–water partition coefficient (Wildman–Crippen LogP) is 4.24. The van der Waals surface area contributed by atoms with Crippen molar-refractivity contribution in [2.24, 2.45) is 0 Å². The molecule has 152 valence electrons. The molecule has 6 heteroatoms. The molecule has 0 fully saturated rings. The molecule has 0 heterocycles. The standard InChI is InChI=1S/C21H34N2O4/c1-5-7-8-9-10-11-15-26-16-19(24)23(4)20-17(21(25)27-6-2)13-12-14-18(20)22-3/h12-14,22H,5-11,15-16H2,1-4H3. The lowest BCUT2D eigenvalue weighted by atomic mass is 10.1. The summed E-state index contributed by atoms with van der Waals surface area (Å²) in [5, 5.41) is 3.03. The summed E-state index contributed by atoms with van der Waals surface area (Å²) in [5.41, 5.74) is 1.55. The van der Waals surface area contributed by atoms with E-state index in [-0.39, 0.29) is 19.1 Å². The van der Waals surface area contributed by atoms with Crippen LogP contribution in [-0.2, 0) is 14.3 Å². The van der Waals surface area contributed by atoms with E-state index in [1.165, 1.54) is 30.6 Å². The largest absolute Gasteiger partial charge is 0.462 e. The van der Waals surface area contributed by atoms with Gasteiger partial charge in [-0.05, 0) is 25.5 Å². The third kappa shape index (κ3) is 7.59. The second-order valence-corrected chi connectivity index (χ2v) is 6.45. The summed E-state index contributed by atoms with van der Waals surface area (Å²) >= 11 is 0. The lowest BCUT2D eigenvalue weighted by Gasteiger charge is -2.23. The van der Waals surface area contributed by atoms with Crippen molar-refractivity contribution < 1.29 is 19.1 Å². The van der Waals surface area contributed by atoms with E-state index in [9.17, 15) is 9.59 Å². The second-order valence-electron chi connectivity index (χ2n) is 6.45. The number of para-hydroxylation sites is 1. The smallest absolute Gasteiger partial charge is 0.340 e. The third-order valence-electron chi connectivity index (χ3n) is 4.38. The zero-order valence-corrected chi connectivity index (χ0v) is 17.2. The lowest BCUT2D eigenvalue weighted by molar-refractivity contribution is -0.122. The second kappa shape index (κ2) is 13.1. The first-order valence-corrected chi connectivity index (χ1v) is 9.88. The molecule has 0 spiro atoms. The molecule has 0 atom stereocenters. The summed E-state index contributed by atoms with van der Waals surface area (Å²) < 4.78 is 10.7. The Labute approximate surface area is 163 Å². The first-order valence-electron chi connectivity index (χ1n) is 9.88. The van der Waals surface area contributed by atoms with E-state index in [4.69, 9.17) is 9.47 Å². The number of esters is 1. The van der Waals surface area contributed by atoms with Crippen molar-refractivity contribution in [1.29, 1.82) is 0 Å². The molecular weight excluding hydrogens is 344 g/mol. The summed E-state index contributed by atoms with van der Waals surface area (Å²) in [4.78, 5) is 26.2. The average Bonchev–Trinajstić information content (AvgIpc) is 2.68. The monoisotopic (exact) mass is 378 g/mol. The highest BCUT2D eigenvalue weighted by molar-refractivity contribution is 6.06. The highest BCUT2D eigenvalue weighted by Crippen LogP contribution is 2.30. The first-order chi connectivity index (χ1) is 13.1. The van der Waals surface area contributed by atoms with E-state index >= 15 is 0 Å². The highest BCUT2D eigenvalue weighted by Gasteiger charge is 2.22. The minimum absolute atomic E-state index is 0.00816. The normalized spacial score (nSPS) is 10.5. The number of nitrogens with zero attached hydrogens (tertiary/aromatic N) is 1. The number of likely N-dealkylation sites (N-methyl/N-ethyl adjacent to an activating group) is 1. The fourth-order valence-electron chi connectivity index (χ4n) is 2.85. The van der Waals surface area contributed by atoms with E-state index in [2.05, 4.69) is 12.2 Å². The molecule has 0 saturated carbocycles. The Hall–Kier alpha value is -2.08. The number of unbranched alkanes of at least 4 members (excludes halogenated alkanes) is 5. The van der Waals surface area contributed by atoms with Crippen molar-refractivity contribution >= 4 is 23.3 Å². The maximum absolute atomic E-state index is 12.5. The van der Waals surface area contributed by atoms with Crippen LogP contribution < -0.4 is 10.2 Å². The lowest BCUT2D eigenvalue weighted by Crippen LogP contribution is -2.32. The van der Waals surface area contributed by atoms with Crippen molar-refractivity contribution in [2.45, 2.75) is 52.4 Å². The fraction of sp³-hybridized carbons (Fsp3) is 0.619. The number of amides is 1. The fourth-order valence-corrected chi connectivity index (χ4v) is 2.85. The van der Waals surface area contributed by atoms with Crippen LogP contribution in [0.1, 0.15) is 62.7 Å². The van der Waals surface area contributed by atoms with Crippen LogP contribution in [0.2, 0.25) is 0 Å². The van der Waals surface area contributed by atoms with Crippen LogP contribution in [0, 0.1) is 0 Å².